The van der Waals surface area contributed by atoms with Crippen LogP contribution in [-0.4, -0.2) is 3.23 Å². The number of hydrogen-bond acceptors (Lipinski definition) is 0. The van der Waals surface area contributed by atoms with Crippen LogP contribution in [0.2, 0.25) is 0 Å². The van der Waals surface area contributed by atoms with E-state index in [0.717, 1.165) is 0 Å². The summed E-state index contributed by atoms with van der Waals surface area (Å²) >= 11 is 6.87. The second-order valence-electron chi connectivity index (χ2n) is 2.06. The molecule has 0 fully saturated rings. The second kappa shape index (κ2) is 2.59. The third kappa shape index (κ3) is 2.26. The fourth-order valence-corrected chi connectivity index (χ4v) is 1.23. The Morgan fingerprint density at radius 2 is 1.67 bits per heavy atom. The van der Waals surface area contributed by atoms with Gasteiger partial charge in [-0.05, 0) is 12.8 Å². The van der Waals surface area contributed by atoms with Gasteiger partial charge in [0.1, 0.15) is 3.23 Å². The molecule has 0 atom stereocenters. The molecular formula is C7H7Br2. The maximum absolute atomic E-state index is 3.85. The first-order valence-electron chi connectivity index (χ1n) is 2.70. The van der Waals surface area contributed by atoms with Crippen LogP contribution in [0.4, 0.5) is 0 Å². The molecule has 0 spiro atoms. The van der Waals surface area contributed by atoms with Crippen molar-refractivity contribution in [1.29, 1.82) is 0 Å². The van der Waals surface area contributed by atoms with Crippen molar-refractivity contribution in [1.82, 2.24) is 0 Å². The molecule has 49 valence electrons. The first-order chi connectivity index (χ1) is 4.10. The van der Waals surface area contributed by atoms with Crippen molar-refractivity contribution >= 4 is 31.9 Å². The summed E-state index contributed by atoms with van der Waals surface area (Å²) in [7, 11) is 0. The SMILES string of the molecule is [CH2]C1C=CC(Br)(Br)C=C1. The molecule has 0 saturated heterocycles. The van der Waals surface area contributed by atoms with Gasteiger partial charge in [-0.25, -0.2) is 0 Å². The van der Waals surface area contributed by atoms with Crippen molar-refractivity contribution in [2.24, 2.45) is 5.92 Å². The minimum absolute atomic E-state index is 0.117. The monoisotopic (exact) mass is 249 g/mol. The van der Waals surface area contributed by atoms with Crippen LogP contribution in [0.3, 0.4) is 0 Å². The summed E-state index contributed by atoms with van der Waals surface area (Å²) in [6.45, 7) is 3.85. The van der Waals surface area contributed by atoms with Gasteiger partial charge in [-0.15, -0.1) is 0 Å². The Labute approximate surface area is 72.3 Å². The Morgan fingerprint density at radius 3 is 2.00 bits per heavy atom. The second-order valence-corrected chi connectivity index (χ2v) is 5.75. The minimum atomic E-state index is -0.117. The molecule has 0 heterocycles. The lowest BCUT2D eigenvalue weighted by molar-refractivity contribution is 1.01. The highest BCUT2D eigenvalue weighted by Crippen LogP contribution is 2.33. The topological polar surface area (TPSA) is 0 Å². The van der Waals surface area contributed by atoms with Gasteiger partial charge in [0, 0.05) is 0 Å². The Hall–Kier alpha value is 0.440. The largest absolute Gasteiger partial charge is 0.116 e. The summed E-state index contributed by atoms with van der Waals surface area (Å²) in [5, 5.41) is 0. The van der Waals surface area contributed by atoms with E-state index in [2.05, 4.69) is 38.8 Å². The molecule has 9 heavy (non-hydrogen) atoms. The predicted molar refractivity (Wildman–Crippen MR) is 47.7 cm³/mol. The summed E-state index contributed by atoms with van der Waals surface area (Å²) in [4.78, 5) is 0. The molecule has 1 rings (SSSR count). The minimum Gasteiger partial charge on any atom is -0.0791 e. The molecule has 0 unspecified atom stereocenters. The van der Waals surface area contributed by atoms with E-state index in [-0.39, 0.29) is 3.23 Å². The molecule has 0 aliphatic heterocycles. The summed E-state index contributed by atoms with van der Waals surface area (Å²) in [5.74, 6) is 0.327. The molecule has 0 N–H and O–H groups in total. The highest BCUT2D eigenvalue weighted by Gasteiger charge is 2.16. The maximum atomic E-state index is 3.85. The lowest BCUT2D eigenvalue weighted by Gasteiger charge is -2.15. The van der Waals surface area contributed by atoms with Crippen LogP contribution in [0.15, 0.2) is 24.3 Å². The van der Waals surface area contributed by atoms with Gasteiger partial charge < -0.3 is 0 Å². The summed E-state index contributed by atoms with van der Waals surface area (Å²) < 4.78 is -0.117. The number of hydrogen-bond donors (Lipinski definition) is 0. The molecule has 0 aromatic carbocycles. The van der Waals surface area contributed by atoms with Crippen molar-refractivity contribution in [3.05, 3.63) is 31.2 Å². The van der Waals surface area contributed by atoms with Crippen LogP contribution in [0, 0.1) is 12.8 Å². The van der Waals surface area contributed by atoms with Crippen molar-refractivity contribution < 1.29 is 0 Å². The van der Waals surface area contributed by atoms with Crippen molar-refractivity contribution in [3.63, 3.8) is 0 Å². The molecule has 2 heteroatoms. The molecule has 0 bridgehead atoms. The zero-order valence-electron chi connectivity index (χ0n) is 4.85. The number of alkyl halides is 2. The zero-order chi connectivity index (χ0) is 6.91. The van der Waals surface area contributed by atoms with E-state index < -0.39 is 0 Å². The Balaban J connectivity index is 2.70. The Bertz CT molecular complexity index is 140. The van der Waals surface area contributed by atoms with Gasteiger partial charge in [0.05, 0.1) is 0 Å². The Morgan fingerprint density at radius 1 is 1.22 bits per heavy atom. The van der Waals surface area contributed by atoms with Gasteiger partial charge in [-0.2, -0.15) is 0 Å². The molecular weight excluding hydrogens is 244 g/mol. The molecule has 1 radical (unpaired) electrons. The number of rotatable bonds is 0. The van der Waals surface area contributed by atoms with Crippen LogP contribution < -0.4 is 0 Å². The van der Waals surface area contributed by atoms with Gasteiger partial charge in [-0.1, -0.05) is 56.2 Å². The van der Waals surface area contributed by atoms with E-state index in [1.54, 1.807) is 0 Å². The fraction of sp³-hybridized carbons (Fsp3) is 0.286. The standard InChI is InChI=1S/C7H7Br2/c1-6-2-4-7(8,9)5-3-6/h2-6H,1H2. The molecule has 0 amide bonds. The van der Waals surface area contributed by atoms with Gasteiger partial charge in [0.2, 0.25) is 0 Å². The highest BCUT2D eigenvalue weighted by atomic mass is 79.9. The van der Waals surface area contributed by atoms with Gasteiger partial charge >= 0.3 is 0 Å². The molecule has 1 aliphatic carbocycles. The highest BCUT2D eigenvalue weighted by molar-refractivity contribution is 9.25. The van der Waals surface area contributed by atoms with Gasteiger partial charge in [-0.3, -0.25) is 0 Å². The first-order valence-corrected chi connectivity index (χ1v) is 4.28. The zero-order valence-corrected chi connectivity index (χ0v) is 8.02. The smallest absolute Gasteiger partial charge is 0.0791 e. The average Bonchev–Trinajstić information content (AvgIpc) is 1.78. The lowest BCUT2D eigenvalue weighted by Crippen LogP contribution is -2.06. The van der Waals surface area contributed by atoms with E-state index in [9.17, 15) is 0 Å². The van der Waals surface area contributed by atoms with Crippen molar-refractivity contribution in [2.45, 2.75) is 3.23 Å². The summed E-state index contributed by atoms with van der Waals surface area (Å²) in [5.41, 5.74) is 0. The number of allylic oxidation sites excluding steroid dienone is 4. The third-order valence-electron chi connectivity index (χ3n) is 1.13. The normalized spacial score (nSPS) is 24.8. The van der Waals surface area contributed by atoms with E-state index in [1.165, 1.54) is 0 Å². The van der Waals surface area contributed by atoms with E-state index in [1.807, 2.05) is 24.3 Å². The van der Waals surface area contributed by atoms with Gasteiger partial charge in [0.25, 0.3) is 0 Å². The Kier molecular flexibility index (Phi) is 2.17. The van der Waals surface area contributed by atoms with Crippen LogP contribution in [0.25, 0.3) is 0 Å². The number of halogens is 2. The predicted octanol–water partition coefficient (Wildman–Crippen LogP) is 3.05. The lowest BCUT2D eigenvalue weighted by atomic mass is 10.1. The maximum Gasteiger partial charge on any atom is 0.116 e. The fourth-order valence-electron chi connectivity index (χ4n) is 0.623. The van der Waals surface area contributed by atoms with E-state index in [4.69, 9.17) is 0 Å². The molecule has 0 aromatic heterocycles. The van der Waals surface area contributed by atoms with E-state index in [0.29, 0.717) is 5.92 Å². The van der Waals surface area contributed by atoms with Crippen LogP contribution >= 0.6 is 31.9 Å². The van der Waals surface area contributed by atoms with Crippen molar-refractivity contribution in [2.75, 3.05) is 0 Å². The molecule has 0 aromatic rings. The van der Waals surface area contributed by atoms with Crippen LogP contribution in [0.1, 0.15) is 0 Å². The molecule has 0 nitrogen and oxygen atoms in total. The molecule has 0 saturated carbocycles. The third-order valence-corrected chi connectivity index (χ3v) is 2.19. The average molecular weight is 251 g/mol. The quantitative estimate of drug-likeness (QED) is 0.458. The summed E-state index contributed by atoms with van der Waals surface area (Å²) in [6.07, 6.45) is 8.16. The van der Waals surface area contributed by atoms with Crippen LogP contribution in [-0.2, 0) is 0 Å². The van der Waals surface area contributed by atoms with E-state index >= 15 is 0 Å². The molecule has 1 aliphatic rings. The van der Waals surface area contributed by atoms with Gasteiger partial charge in [0.15, 0.2) is 0 Å². The van der Waals surface area contributed by atoms with Crippen LogP contribution in [0.5, 0.6) is 0 Å². The first kappa shape index (κ1) is 7.55. The van der Waals surface area contributed by atoms with Crippen molar-refractivity contribution in [3.8, 4) is 0 Å². The summed E-state index contributed by atoms with van der Waals surface area (Å²) in [6, 6.07) is 0.